The summed E-state index contributed by atoms with van der Waals surface area (Å²) >= 11 is 0. The summed E-state index contributed by atoms with van der Waals surface area (Å²) in [6.45, 7) is 0. The summed E-state index contributed by atoms with van der Waals surface area (Å²) in [5, 5.41) is 4.97. The Bertz CT molecular complexity index is 2600. The Balaban J connectivity index is 1.34. The van der Waals surface area contributed by atoms with E-state index in [1.807, 2.05) is 0 Å². The van der Waals surface area contributed by atoms with Crippen LogP contribution in [0.1, 0.15) is 0 Å². The standard InChI is InChI=1S/C50H35N/c1-6-18-36(19-7-1)43-32-30-41(34-47(43)37-20-8-2-9-21-37)51(40-26-14-5-15-27-40)42-31-33-45-44-28-16-17-29-46(44)49(38-22-10-3-11-23-38)50(48(45)35-42)39-24-12-4-13-25-39/h1-35H. The Kier molecular flexibility index (Phi) is 7.92. The number of rotatable bonds is 7. The van der Waals surface area contributed by atoms with Crippen molar-refractivity contribution in [3.8, 4) is 44.5 Å². The van der Waals surface area contributed by atoms with E-state index in [0.717, 1.165) is 17.1 Å². The van der Waals surface area contributed by atoms with Crippen LogP contribution in [0.25, 0.3) is 66.1 Å². The highest BCUT2D eigenvalue weighted by Crippen LogP contribution is 2.47. The summed E-state index contributed by atoms with van der Waals surface area (Å²) in [4.78, 5) is 2.40. The normalized spacial score (nSPS) is 11.1. The number of benzene rings is 9. The lowest BCUT2D eigenvalue weighted by molar-refractivity contribution is 1.29. The van der Waals surface area contributed by atoms with E-state index in [9.17, 15) is 0 Å². The second kappa shape index (κ2) is 13.3. The predicted octanol–water partition coefficient (Wildman–Crippen LogP) is 14.1. The lowest BCUT2D eigenvalue weighted by Gasteiger charge is -2.28. The van der Waals surface area contributed by atoms with Gasteiger partial charge >= 0.3 is 0 Å². The van der Waals surface area contributed by atoms with E-state index < -0.39 is 0 Å². The number of para-hydroxylation sites is 1. The molecule has 0 atom stereocenters. The molecule has 9 aromatic rings. The van der Waals surface area contributed by atoms with E-state index in [1.165, 1.54) is 66.1 Å². The highest BCUT2D eigenvalue weighted by molar-refractivity contribution is 6.22. The van der Waals surface area contributed by atoms with E-state index in [-0.39, 0.29) is 0 Å². The molecule has 0 unspecified atom stereocenters. The van der Waals surface area contributed by atoms with Crippen LogP contribution in [-0.2, 0) is 0 Å². The Labute approximate surface area is 299 Å². The number of fused-ring (bicyclic) bond motifs is 3. The summed E-state index contributed by atoms with van der Waals surface area (Å²) in [6, 6.07) is 76.6. The fourth-order valence-corrected chi connectivity index (χ4v) is 7.55. The Morgan fingerprint density at radius 1 is 0.235 bits per heavy atom. The van der Waals surface area contributed by atoms with Crippen molar-refractivity contribution in [1.29, 1.82) is 0 Å². The maximum Gasteiger partial charge on any atom is 0.0468 e. The van der Waals surface area contributed by atoms with Crippen LogP contribution in [0.3, 0.4) is 0 Å². The second-order valence-corrected chi connectivity index (χ2v) is 12.9. The molecule has 0 bridgehead atoms. The van der Waals surface area contributed by atoms with Crippen molar-refractivity contribution in [2.24, 2.45) is 0 Å². The summed E-state index contributed by atoms with van der Waals surface area (Å²) in [6.07, 6.45) is 0. The van der Waals surface area contributed by atoms with Crippen LogP contribution in [-0.4, -0.2) is 0 Å². The maximum absolute atomic E-state index is 2.40. The predicted molar refractivity (Wildman–Crippen MR) is 218 cm³/mol. The third-order valence-corrected chi connectivity index (χ3v) is 9.84. The van der Waals surface area contributed by atoms with Gasteiger partial charge in [0.05, 0.1) is 0 Å². The first kappa shape index (κ1) is 30.4. The molecule has 0 heterocycles. The van der Waals surface area contributed by atoms with Crippen molar-refractivity contribution < 1.29 is 0 Å². The van der Waals surface area contributed by atoms with Crippen LogP contribution in [0.15, 0.2) is 212 Å². The van der Waals surface area contributed by atoms with Crippen LogP contribution in [0.4, 0.5) is 17.1 Å². The van der Waals surface area contributed by atoms with Gasteiger partial charge in [0, 0.05) is 17.1 Å². The minimum atomic E-state index is 1.10. The van der Waals surface area contributed by atoms with Crippen LogP contribution < -0.4 is 4.90 Å². The number of hydrogen-bond donors (Lipinski definition) is 0. The lowest BCUT2D eigenvalue weighted by Crippen LogP contribution is -2.10. The van der Waals surface area contributed by atoms with Gasteiger partial charge in [0.15, 0.2) is 0 Å². The molecule has 1 nitrogen and oxygen atoms in total. The average molecular weight is 650 g/mol. The Morgan fingerprint density at radius 2 is 0.647 bits per heavy atom. The van der Waals surface area contributed by atoms with Gasteiger partial charge in [-0.2, -0.15) is 0 Å². The molecule has 0 aliphatic rings. The van der Waals surface area contributed by atoms with Crippen molar-refractivity contribution in [2.45, 2.75) is 0 Å². The van der Waals surface area contributed by atoms with E-state index in [1.54, 1.807) is 0 Å². The summed E-state index contributed by atoms with van der Waals surface area (Å²) in [7, 11) is 0. The fraction of sp³-hybridized carbons (Fsp3) is 0. The molecule has 0 aliphatic heterocycles. The van der Waals surface area contributed by atoms with Crippen molar-refractivity contribution >= 4 is 38.6 Å². The second-order valence-electron chi connectivity index (χ2n) is 12.9. The maximum atomic E-state index is 2.40. The monoisotopic (exact) mass is 649 g/mol. The lowest BCUT2D eigenvalue weighted by atomic mass is 9.85. The van der Waals surface area contributed by atoms with E-state index in [0.29, 0.717) is 0 Å². The molecule has 0 saturated heterocycles. The zero-order valence-corrected chi connectivity index (χ0v) is 28.2. The van der Waals surface area contributed by atoms with Gasteiger partial charge in [-0.3, -0.25) is 0 Å². The van der Waals surface area contributed by atoms with Crippen molar-refractivity contribution in [2.75, 3.05) is 4.90 Å². The molecule has 0 spiro atoms. The highest BCUT2D eigenvalue weighted by Gasteiger charge is 2.21. The topological polar surface area (TPSA) is 3.24 Å². The Morgan fingerprint density at radius 3 is 1.24 bits per heavy atom. The summed E-state index contributed by atoms with van der Waals surface area (Å²) in [5.41, 5.74) is 13.0. The smallest absolute Gasteiger partial charge is 0.0468 e. The van der Waals surface area contributed by atoms with Gasteiger partial charge in [0.1, 0.15) is 0 Å². The molecule has 240 valence electrons. The molecule has 0 amide bonds. The Hall–Kier alpha value is -6.70. The summed E-state index contributed by atoms with van der Waals surface area (Å²) in [5.74, 6) is 0. The van der Waals surface area contributed by atoms with Gasteiger partial charge in [-0.1, -0.05) is 176 Å². The SMILES string of the molecule is c1ccc(-c2ccc(N(c3ccccc3)c3ccc4c(c3)c(-c3ccccc3)c(-c3ccccc3)c3ccccc34)cc2-c2ccccc2)cc1. The van der Waals surface area contributed by atoms with Crippen molar-refractivity contribution in [3.05, 3.63) is 212 Å². The first-order chi connectivity index (χ1) is 25.3. The number of anilines is 3. The molecule has 0 saturated carbocycles. The average Bonchev–Trinajstić information content (AvgIpc) is 3.22. The zero-order valence-electron chi connectivity index (χ0n) is 28.2. The van der Waals surface area contributed by atoms with E-state index in [2.05, 4.69) is 217 Å². The molecule has 0 fully saturated rings. The molecular weight excluding hydrogens is 615 g/mol. The van der Waals surface area contributed by atoms with Crippen LogP contribution >= 0.6 is 0 Å². The molecule has 9 rings (SSSR count). The molecule has 1 heteroatoms. The zero-order chi connectivity index (χ0) is 34.0. The van der Waals surface area contributed by atoms with E-state index >= 15 is 0 Å². The summed E-state index contributed by atoms with van der Waals surface area (Å²) < 4.78 is 0. The molecule has 0 N–H and O–H groups in total. The first-order valence-electron chi connectivity index (χ1n) is 17.5. The largest absolute Gasteiger partial charge is 0.310 e. The molecule has 0 aromatic heterocycles. The van der Waals surface area contributed by atoms with Crippen molar-refractivity contribution in [1.82, 2.24) is 0 Å². The van der Waals surface area contributed by atoms with E-state index in [4.69, 9.17) is 0 Å². The third-order valence-electron chi connectivity index (χ3n) is 9.84. The highest BCUT2D eigenvalue weighted by atomic mass is 15.1. The van der Waals surface area contributed by atoms with Gasteiger partial charge < -0.3 is 4.90 Å². The quantitative estimate of drug-likeness (QED) is 0.155. The molecule has 0 aliphatic carbocycles. The van der Waals surface area contributed by atoms with Crippen molar-refractivity contribution in [3.63, 3.8) is 0 Å². The minimum Gasteiger partial charge on any atom is -0.310 e. The molecule has 51 heavy (non-hydrogen) atoms. The fourth-order valence-electron chi connectivity index (χ4n) is 7.55. The number of nitrogens with zero attached hydrogens (tertiary/aromatic N) is 1. The minimum absolute atomic E-state index is 1.10. The molecular formula is C50H35N. The third kappa shape index (κ3) is 5.65. The molecule has 9 aromatic carbocycles. The number of hydrogen-bond acceptors (Lipinski definition) is 1. The van der Waals surface area contributed by atoms with Gasteiger partial charge in [-0.25, -0.2) is 0 Å². The van der Waals surface area contributed by atoms with Crippen LogP contribution in [0.2, 0.25) is 0 Å². The van der Waals surface area contributed by atoms with Gasteiger partial charge in [0.2, 0.25) is 0 Å². The van der Waals surface area contributed by atoms with Gasteiger partial charge in [-0.15, -0.1) is 0 Å². The van der Waals surface area contributed by atoms with Gasteiger partial charge in [0.25, 0.3) is 0 Å². The molecule has 0 radical (unpaired) electrons. The van der Waals surface area contributed by atoms with Crippen LogP contribution in [0, 0.1) is 0 Å². The first-order valence-corrected chi connectivity index (χ1v) is 17.5. The van der Waals surface area contributed by atoms with Gasteiger partial charge in [-0.05, 0) is 102 Å². The van der Waals surface area contributed by atoms with Crippen LogP contribution in [0.5, 0.6) is 0 Å².